The molecule has 0 amide bonds. The van der Waals surface area contributed by atoms with Crippen LogP contribution in [0.5, 0.6) is 5.75 Å². The van der Waals surface area contributed by atoms with Crippen LogP contribution < -0.4 is 9.46 Å². The lowest BCUT2D eigenvalue weighted by atomic mass is 10.0. The van der Waals surface area contributed by atoms with Crippen molar-refractivity contribution < 1.29 is 19.2 Å². The molecule has 0 aromatic heterocycles. The van der Waals surface area contributed by atoms with E-state index in [2.05, 4.69) is 11.3 Å². The average molecular weight is 339 g/mol. The summed E-state index contributed by atoms with van der Waals surface area (Å²) < 4.78 is 20.1. The predicted molar refractivity (Wildman–Crippen MR) is 92.9 cm³/mol. The van der Waals surface area contributed by atoms with Crippen molar-refractivity contribution in [3.8, 4) is 5.75 Å². The van der Waals surface area contributed by atoms with Gasteiger partial charge in [0.2, 0.25) is 0 Å². The molecule has 0 saturated heterocycles. The second kappa shape index (κ2) is 8.38. The fourth-order valence-corrected chi connectivity index (χ4v) is 2.74. The molecule has 0 bridgehead atoms. The molecule has 0 saturated carbocycles. The first-order valence-electron chi connectivity index (χ1n) is 7.35. The highest BCUT2D eigenvalue weighted by Crippen LogP contribution is 2.19. The first kappa shape index (κ1) is 19.5. The molecule has 0 heterocycles. The minimum atomic E-state index is -1.29. The fraction of sp³-hybridized carbons (Fsp3) is 0.471. The summed E-state index contributed by atoms with van der Waals surface area (Å²) in [5.74, 6) is -0.278. The second-order valence-electron chi connectivity index (χ2n) is 6.36. The van der Waals surface area contributed by atoms with Crippen molar-refractivity contribution in [2.75, 3.05) is 7.11 Å². The minimum absolute atomic E-state index is 0.0990. The van der Waals surface area contributed by atoms with Crippen LogP contribution >= 0.6 is 0 Å². The van der Waals surface area contributed by atoms with Gasteiger partial charge in [-0.15, -0.1) is 4.72 Å². The summed E-state index contributed by atoms with van der Waals surface area (Å²) in [5.41, 5.74) is 1.11. The molecule has 0 aliphatic carbocycles. The summed E-state index contributed by atoms with van der Waals surface area (Å²) in [5, 5.41) is 9.04. The zero-order valence-corrected chi connectivity index (χ0v) is 14.9. The molecular formula is C17H25NO4S. The van der Waals surface area contributed by atoms with Gasteiger partial charge in [-0.2, -0.15) is 0 Å². The van der Waals surface area contributed by atoms with Crippen LogP contribution in [0.4, 0.5) is 0 Å². The van der Waals surface area contributed by atoms with Gasteiger partial charge in [-0.1, -0.05) is 18.7 Å². The Hall–Kier alpha value is -1.50. The number of rotatable bonds is 8. The standard InChI is InChI=1S/C17H25NO4S/c1-12(16(19)20)10-14(18-23(21)17(2,3)4)11-13-6-8-15(22-5)9-7-13/h6-9,14,18H,1,10-11H2,2-5H3,(H,19,20)/t14-,23-/m0/s1. The zero-order chi connectivity index (χ0) is 17.6. The molecular weight excluding hydrogens is 314 g/mol. The van der Waals surface area contributed by atoms with Gasteiger partial charge in [0.1, 0.15) is 10.5 Å². The van der Waals surface area contributed by atoms with Crippen molar-refractivity contribution in [2.24, 2.45) is 0 Å². The van der Waals surface area contributed by atoms with E-state index >= 15 is 0 Å². The molecule has 23 heavy (non-hydrogen) atoms. The third-order valence-electron chi connectivity index (χ3n) is 3.27. The summed E-state index contributed by atoms with van der Waals surface area (Å²) >= 11 is -1.29. The highest BCUT2D eigenvalue weighted by atomic mass is 32.2. The SMILES string of the molecule is C=C(C[C@@H](Cc1ccc(OC)cc1)N[S@@+]([O-])C(C)(C)C)C(=O)O. The van der Waals surface area contributed by atoms with E-state index in [-0.39, 0.29) is 18.0 Å². The highest BCUT2D eigenvalue weighted by Gasteiger charge is 2.30. The predicted octanol–water partition coefficient (Wildman–Crippen LogP) is 2.69. The Bertz CT molecular complexity index is 537. The number of nitrogens with one attached hydrogen (secondary N) is 1. The van der Waals surface area contributed by atoms with Crippen LogP contribution in [-0.4, -0.2) is 33.5 Å². The van der Waals surface area contributed by atoms with E-state index in [1.807, 2.05) is 45.0 Å². The average Bonchev–Trinajstić information content (AvgIpc) is 2.46. The van der Waals surface area contributed by atoms with Crippen molar-refractivity contribution in [1.82, 2.24) is 4.72 Å². The van der Waals surface area contributed by atoms with Gasteiger partial charge in [-0.25, -0.2) is 4.79 Å². The number of carbonyl (C=O) groups is 1. The Morgan fingerprint density at radius 1 is 1.39 bits per heavy atom. The van der Waals surface area contributed by atoms with Crippen LogP contribution in [0, 0.1) is 0 Å². The first-order valence-corrected chi connectivity index (χ1v) is 8.50. The lowest BCUT2D eigenvalue weighted by molar-refractivity contribution is -0.132. The maximum Gasteiger partial charge on any atom is 0.331 e. The van der Waals surface area contributed by atoms with Gasteiger partial charge in [0.15, 0.2) is 0 Å². The molecule has 6 heteroatoms. The van der Waals surface area contributed by atoms with Crippen molar-refractivity contribution in [1.29, 1.82) is 0 Å². The smallest absolute Gasteiger partial charge is 0.331 e. The van der Waals surface area contributed by atoms with Crippen LogP contribution in [0.15, 0.2) is 36.4 Å². The molecule has 2 N–H and O–H groups in total. The topological polar surface area (TPSA) is 81.6 Å². The van der Waals surface area contributed by atoms with Crippen LogP contribution in [0.1, 0.15) is 32.8 Å². The third-order valence-corrected chi connectivity index (χ3v) is 4.93. The summed E-state index contributed by atoms with van der Waals surface area (Å²) in [4.78, 5) is 11.0. The summed E-state index contributed by atoms with van der Waals surface area (Å²) in [6, 6.07) is 7.25. The maximum absolute atomic E-state index is 12.3. The van der Waals surface area contributed by atoms with Gasteiger partial charge in [0.25, 0.3) is 0 Å². The molecule has 0 aliphatic rings. The van der Waals surface area contributed by atoms with E-state index in [9.17, 15) is 9.35 Å². The molecule has 1 rings (SSSR count). The number of carboxylic acids is 1. The zero-order valence-electron chi connectivity index (χ0n) is 14.1. The van der Waals surface area contributed by atoms with Crippen molar-refractivity contribution >= 4 is 17.3 Å². The van der Waals surface area contributed by atoms with E-state index in [0.717, 1.165) is 11.3 Å². The maximum atomic E-state index is 12.3. The summed E-state index contributed by atoms with van der Waals surface area (Å²) in [7, 11) is 1.60. The molecule has 0 radical (unpaired) electrons. The van der Waals surface area contributed by atoms with Gasteiger partial charge in [-0.05, 0) is 51.3 Å². The molecule has 0 aliphatic heterocycles. The number of benzene rings is 1. The normalized spacial score (nSPS) is 14.1. The fourth-order valence-electron chi connectivity index (χ4n) is 1.91. The Labute approximate surface area is 141 Å². The van der Waals surface area contributed by atoms with E-state index in [1.165, 1.54) is 0 Å². The minimum Gasteiger partial charge on any atom is -0.598 e. The van der Waals surface area contributed by atoms with Gasteiger partial charge in [0.05, 0.1) is 13.2 Å². The monoisotopic (exact) mass is 339 g/mol. The lowest BCUT2D eigenvalue weighted by Gasteiger charge is -2.28. The molecule has 0 unspecified atom stereocenters. The number of aliphatic carboxylic acids is 1. The van der Waals surface area contributed by atoms with Gasteiger partial charge < -0.3 is 14.4 Å². The van der Waals surface area contributed by atoms with Crippen molar-refractivity contribution in [3.63, 3.8) is 0 Å². The Balaban J connectivity index is 2.84. The van der Waals surface area contributed by atoms with Crippen LogP contribution in [0.3, 0.4) is 0 Å². The molecule has 1 aromatic rings. The third kappa shape index (κ3) is 6.64. The Kier molecular flexibility index (Phi) is 7.12. The first-order chi connectivity index (χ1) is 10.6. The van der Waals surface area contributed by atoms with E-state index < -0.39 is 22.1 Å². The van der Waals surface area contributed by atoms with Crippen molar-refractivity contribution in [3.05, 3.63) is 42.0 Å². The highest BCUT2D eigenvalue weighted by molar-refractivity contribution is 7.90. The summed E-state index contributed by atoms with van der Waals surface area (Å²) in [6.45, 7) is 9.18. The Morgan fingerprint density at radius 2 is 1.96 bits per heavy atom. The van der Waals surface area contributed by atoms with Crippen molar-refractivity contribution in [2.45, 2.75) is 44.4 Å². The lowest BCUT2D eigenvalue weighted by Crippen LogP contribution is -2.45. The molecule has 2 atom stereocenters. The van der Waals surface area contributed by atoms with Gasteiger partial charge in [-0.3, -0.25) is 0 Å². The number of hydrogen-bond acceptors (Lipinski definition) is 4. The molecule has 1 aromatic carbocycles. The van der Waals surface area contributed by atoms with Gasteiger partial charge in [0, 0.05) is 16.9 Å². The number of ether oxygens (including phenoxy) is 1. The van der Waals surface area contributed by atoms with Gasteiger partial charge >= 0.3 is 5.97 Å². The van der Waals surface area contributed by atoms with Crippen LogP contribution in [0.25, 0.3) is 0 Å². The van der Waals surface area contributed by atoms with Crippen LogP contribution in [0.2, 0.25) is 0 Å². The quantitative estimate of drug-likeness (QED) is 0.562. The largest absolute Gasteiger partial charge is 0.598 e. The molecule has 0 fully saturated rings. The van der Waals surface area contributed by atoms with E-state index in [0.29, 0.717) is 6.42 Å². The Morgan fingerprint density at radius 3 is 2.39 bits per heavy atom. The van der Waals surface area contributed by atoms with E-state index in [4.69, 9.17) is 9.84 Å². The molecule has 128 valence electrons. The second-order valence-corrected chi connectivity index (χ2v) is 8.36. The van der Waals surface area contributed by atoms with Crippen LogP contribution in [-0.2, 0) is 22.6 Å². The van der Waals surface area contributed by atoms with E-state index in [1.54, 1.807) is 7.11 Å². The molecule has 0 spiro atoms. The number of hydrogen-bond donors (Lipinski definition) is 2. The number of carboxylic acid groups (broad SMARTS) is 1. The number of methoxy groups -OCH3 is 1. The summed E-state index contributed by atoms with van der Waals surface area (Å²) in [6.07, 6.45) is 0.779. The molecule has 5 nitrogen and oxygen atoms in total.